The van der Waals surface area contributed by atoms with Crippen LogP contribution in [0.4, 0.5) is 0 Å². The highest BCUT2D eigenvalue weighted by molar-refractivity contribution is 6.08. The summed E-state index contributed by atoms with van der Waals surface area (Å²) < 4.78 is 8.00. The Labute approximate surface area is 174 Å². The van der Waals surface area contributed by atoms with Gasteiger partial charge in [0.05, 0.1) is 5.92 Å². The third-order valence-electron chi connectivity index (χ3n) is 5.96. The first-order valence-electron chi connectivity index (χ1n) is 10.3. The molecule has 3 heterocycles. The van der Waals surface area contributed by atoms with E-state index in [4.69, 9.17) is 10.5 Å². The second-order valence-corrected chi connectivity index (χ2v) is 7.63. The molecule has 2 aromatic heterocycles. The minimum absolute atomic E-state index is 0.126. The third kappa shape index (κ3) is 2.52. The number of aromatic nitrogens is 3. The molecule has 0 unspecified atom stereocenters. The van der Waals surface area contributed by atoms with E-state index in [1.807, 2.05) is 0 Å². The van der Waals surface area contributed by atoms with Crippen molar-refractivity contribution < 1.29 is 4.74 Å². The Kier molecular flexibility index (Phi) is 4.25. The lowest BCUT2D eigenvalue weighted by Gasteiger charge is -2.24. The molecule has 6 heteroatoms. The molecule has 30 heavy (non-hydrogen) atoms. The lowest BCUT2D eigenvalue weighted by molar-refractivity contribution is 0.378. The van der Waals surface area contributed by atoms with Gasteiger partial charge in [0.25, 0.3) is 0 Å². The number of para-hydroxylation sites is 1. The molecule has 1 atom stereocenters. The first-order chi connectivity index (χ1) is 14.7. The number of nitrogens with one attached hydrogen (secondary N) is 1. The van der Waals surface area contributed by atoms with Crippen molar-refractivity contribution in [1.82, 2.24) is 14.8 Å². The van der Waals surface area contributed by atoms with Crippen molar-refractivity contribution in [3.05, 3.63) is 70.7 Å². The maximum absolute atomic E-state index is 9.90. The number of fused-ring (bicyclic) bond motifs is 4. The first-order valence-corrected chi connectivity index (χ1v) is 10.3. The molecule has 1 aliphatic rings. The minimum Gasteiger partial charge on any atom is -0.420 e. The standard InChI is InChI=1S/C24H23N5O/c1-3-7-18-22-21(17(13-25)23(26)30-24(22)28-27-18)14-10-11-20-16(12-14)15-8-5-6-9-19(15)29(20)4-2/h5-6,8-12,21H,3-4,7,26H2,1-2H3,(H,27,28)/t21-/m1/s1. The van der Waals surface area contributed by atoms with Crippen LogP contribution < -0.4 is 10.5 Å². The Hall–Kier alpha value is -3.72. The van der Waals surface area contributed by atoms with E-state index in [-0.39, 0.29) is 11.8 Å². The Morgan fingerprint density at radius 3 is 2.73 bits per heavy atom. The zero-order valence-corrected chi connectivity index (χ0v) is 17.1. The number of hydrogen-bond acceptors (Lipinski definition) is 4. The van der Waals surface area contributed by atoms with Crippen molar-refractivity contribution in [2.24, 2.45) is 5.73 Å². The van der Waals surface area contributed by atoms with E-state index >= 15 is 0 Å². The van der Waals surface area contributed by atoms with Crippen LogP contribution in [0.1, 0.15) is 43.0 Å². The molecule has 0 aliphatic carbocycles. The maximum atomic E-state index is 9.90. The van der Waals surface area contributed by atoms with Crippen molar-refractivity contribution in [2.75, 3.05) is 0 Å². The molecule has 150 valence electrons. The highest BCUT2D eigenvalue weighted by atomic mass is 16.5. The van der Waals surface area contributed by atoms with E-state index in [2.05, 4.69) is 77.1 Å². The molecule has 3 N–H and O–H groups in total. The summed E-state index contributed by atoms with van der Waals surface area (Å²) in [5, 5.41) is 19.7. The minimum atomic E-state index is -0.299. The second kappa shape index (κ2) is 6.96. The molecule has 5 rings (SSSR count). The molecule has 0 saturated carbocycles. The van der Waals surface area contributed by atoms with Gasteiger partial charge in [-0.2, -0.15) is 5.26 Å². The monoisotopic (exact) mass is 397 g/mol. The average Bonchev–Trinajstić information content (AvgIpc) is 3.31. The Bertz CT molecular complexity index is 1350. The van der Waals surface area contributed by atoms with Gasteiger partial charge in [0, 0.05) is 39.6 Å². The number of hydrogen-bond donors (Lipinski definition) is 2. The topological polar surface area (TPSA) is 92.7 Å². The SMILES string of the molecule is CCCc1[nH]nc2c1[C@H](c1ccc3c(c1)c1ccccc1n3CC)C(C#N)=C(N)O2. The van der Waals surface area contributed by atoms with Crippen LogP contribution in [-0.4, -0.2) is 14.8 Å². The number of aryl methyl sites for hydroxylation is 2. The number of nitrogens with zero attached hydrogens (tertiary/aromatic N) is 3. The smallest absolute Gasteiger partial charge is 0.244 e. The quantitative estimate of drug-likeness (QED) is 0.522. The van der Waals surface area contributed by atoms with Crippen molar-refractivity contribution in [3.63, 3.8) is 0 Å². The van der Waals surface area contributed by atoms with Gasteiger partial charge < -0.3 is 15.0 Å². The number of ether oxygens (including phenoxy) is 1. The number of benzene rings is 2. The number of nitriles is 1. The molecule has 0 fully saturated rings. The maximum Gasteiger partial charge on any atom is 0.244 e. The molecule has 4 aromatic rings. The molecule has 0 saturated heterocycles. The Morgan fingerprint density at radius 1 is 1.17 bits per heavy atom. The average molecular weight is 397 g/mol. The lowest BCUT2D eigenvalue weighted by atomic mass is 9.83. The molecule has 0 amide bonds. The number of H-pyrrole nitrogens is 1. The third-order valence-corrected chi connectivity index (χ3v) is 5.96. The lowest BCUT2D eigenvalue weighted by Crippen LogP contribution is -2.21. The van der Waals surface area contributed by atoms with Gasteiger partial charge in [-0.1, -0.05) is 37.6 Å². The van der Waals surface area contributed by atoms with Gasteiger partial charge >= 0.3 is 0 Å². The molecule has 0 spiro atoms. The van der Waals surface area contributed by atoms with Crippen molar-refractivity contribution in [2.45, 2.75) is 39.2 Å². The van der Waals surface area contributed by atoms with E-state index in [0.29, 0.717) is 11.5 Å². The highest BCUT2D eigenvalue weighted by Crippen LogP contribution is 2.44. The van der Waals surface area contributed by atoms with Crippen molar-refractivity contribution in [3.8, 4) is 11.9 Å². The number of rotatable bonds is 4. The van der Waals surface area contributed by atoms with Crippen molar-refractivity contribution in [1.29, 1.82) is 5.26 Å². The van der Waals surface area contributed by atoms with Crippen molar-refractivity contribution >= 4 is 21.8 Å². The van der Waals surface area contributed by atoms with Crippen LogP contribution in [0, 0.1) is 11.3 Å². The fourth-order valence-corrected chi connectivity index (χ4v) is 4.67. The Morgan fingerprint density at radius 2 is 1.97 bits per heavy atom. The summed E-state index contributed by atoms with van der Waals surface area (Å²) in [6.07, 6.45) is 1.80. The van der Waals surface area contributed by atoms with Gasteiger partial charge in [-0.25, -0.2) is 0 Å². The molecular weight excluding hydrogens is 374 g/mol. The summed E-state index contributed by atoms with van der Waals surface area (Å²) in [6.45, 7) is 5.17. The largest absolute Gasteiger partial charge is 0.420 e. The molecule has 0 bridgehead atoms. The Balaban J connectivity index is 1.78. The molecule has 1 aliphatic heterocycles. The predicted molar refractivity (Wildman–Crippen MR) is 117 cm³/mol. The molecule has 0 radical (unpaired) electrons. The summed E-state index contributed by atoms with van der Waals surface area (Å²) in [5.74, 6) is 0.295. The van der Waals surface area contributed by atoms with E-state index in [1.54, 1.807) is 0 Å². The normalized spacial score (nSPS) is 16.0. The van der Waals surface area contributed by atoms with Crippen LogP contribution in [0.5, 0.6) is 5.88 Å². The molecule has 2 aromatic carbocycles. The van der Waals surface area contributed by atoms with Gasteiger partial charge in [-0.15, -0.1) is 5.10 Å². The first kappa shape index (κ1) is 18.3. The number of nitrogens with two attached hydrogens (primary N) is 1. The van der Waals surface area contributed by atoms with Gasteiger partial charge in [0.15, 0.2) is 0 Å². The second-order valence-electron chi connectivity index (χ2n) is 7.63. The van der Waals surface area contributed by atoms with Crippen LogP contribution in [0.3, 0.4) is 0 Å². The molecular formula is C24H23N5O. The fraction of sp³-hybridized carbons (Fsp3) is 0.250. The van der Waals surface area contributed by atoms with E-state index in [9.17, 15) is 5.26 Å². The fourth-order valence-electron chi connectivity index (χ4n) is 4.67. The summed E-state index contributed by atoms with van der Waals surface area (Å²) in [6, 6.07) is 17.2. The van der Waals surface area contributed by atoms with E-state index < -0.39 is 0 Å². The predicted octanol–water partition coefficient (Wildman–Crippen LogP) is 4.71. The van der Waals surface area contributed by atoms with Crippen LogP contribution >= 0.6 is 0 Å². The zero-order valence-electron chi connectivity index (χ0n) is 17.1. The molecule has 6 nitrogen and oxygen atoms in total. The summed E-state index contributed by atoms with van der Waals surface area (Å²) in [5.41, 5.74) is 11.9. The van der Waals surface area contributed by atoms with Gasteiger partial charge in [-0.3, -0.25) is 5.10 Å². The summed E-state index contributed by atoms with van der Waals surface area (Å²) in [7, 11) is 0. The number of aromatic amines is 1. The van der Waals surface area contributed by atoms with Gasteiger partial charge in [-0.05, 0) is 37.1 Å². The van der Waals surface area contributed by atoms with Gasteiger partial charge in [0.1, 0.15) is 11.6 Å². The van der Waals surface area contributed by atoms with Crippen LogP contribution in [0.15, 0.2) is 53.9 Å². The number of allylic oxidation sites excluding steroid dienone is 1. The summed E-state index contributed by atoms with van der Waals surface area (Å²) >= 11 is 0. The van der Waals surface area contributed by atoms with Crippen LogP contribution in [-0.2, 0) is 13.0 Å². The van der Waals surface area contributed by atoms with Crippen LogP contribution in [0.25, 0.3) is 21.8 Å². The highest BCUT2D eigenvalue weighted by Gasteiger charge is 2.35. The van der Waals surface area contributed by atoms with Crippen LogP contribution in [0.2, 0.25) is 0 Å². The van der Waals surface area contributed by atoms with E-state index in [0.717, 1.165) is 36.2 Å². The summed E-state index contributed by atoms with van der Waals surface area (Å²) in [4.78, 5) is 0. The van der Waals surface area contributed by atoms with Gasteiger partial charge in [0.2, 0.25) is 11.8 Å². The van der Waals surface area contributed by atoms with E-state index in [1.165, 1.54) is 21.8 Å². The zero-order chi connectivity index (χ0) is 20.8.